The highest BCUT2D eigenvalue weighted by Crippen LogP contribution is 2.43. The van der Waals surface area contributed by atoms with Crippen LogP contribution in [0.15, 0.2) is 78.6 Å². The summed E-state index contributed by atoms with van der Waals surface area (Å²) in [6, 6.07) is 15.9. The van der Waals surface area contributed by atoms with Gasteiger partial charge in [-0.15, -0.1) is 11.3 Å². The van der Waals surface area contributed by atoms with Gasteiger partial charge in [-0.3, -0.25) is 9.59 Å². The van der Waals surface area contributed by atoms with Gasteiger partial charge in [-0.1, -0.05) is 61.2 Å². The highest BCUT2D eigenvalue weighted by Gasteiger charge is 2.45. The number of hydrogen-bond acceptors (Lipinski definition) is 6. The Labute approximate surface area is 196 Å². The van der Waals surface area contributed by atoms with Crippen LogP contribution in [0.4, 0.5) is 0 Å². The predicted molar refractivity (Wildman–Crippen MR) is 127 cm³/mol. The number of ether oxygens (including phenoxy) is 1. The maximum Gasteiger partial charge on any atom is 0.290 e. The van der Waals surface area contributed by atoms with Gasteiger partial charge in [-0.05, 0) is 25.5 Å². The molecule has 0 saturated heterocycles. The molecule has 1 N–H and O–H groups in total. The van der Waals surface area contributed by atoms with Crippen molar-refractivity contribution in [2.75, 3.05) is 6.61 Å². The van der Waals surface area contributed by atoms with Crippen molar-refractivity contribution in [1.29, 1.82) is 0 Å². The second kappa shape index (κ2) is 9.42. The number of benzene rings is 2. The van der Waals surface area contributed by atoms with E-state index in [-0.39, 0.29) is 18.7 Å². The van der Waals surface area contributed by atoms with E-state index in [1.165, 1.54) is 16.2 Å². The van der Waals surface area contributed by atoms with Gasteiger partial charge < -0.3 is 14.7 Å². The van der Waals surface area contributed by atoms with Gasteiger partial charge in [0.2, 0.25) is 5.78 Å². The number of carbonyl (C=O) groups excluding carboxylic acids is 2. The van der Waals surface area contributed by atoms with E-state index in [0.717, 1.165) is 10.6 Å². The van der Waals surface area contributed by atoms with E-state index < -0.39 is 23.5 Å². The fraction of sp³-hybridized carbons (Fsp3) is 0.192. The number of amides is 1. The lowest BCUT2D eigenvalue weighted by Gasteiger charge is -2.28. The first kappa shape index (κ1) is 22.5. The molecular weight excluding hydrogens is 436 g/mol. The van der Waals surface area contributed by atoms with E-state index in [4.69, 9.17) is 4.74 Å². The van der Waals surface area contributed by atoms with E-state index in [2.05, 4.69) is 11.6 Å². The van der Waals surface area contributed by atoms with Crippen molar-refractivity contribution in [3.8, 4) is 5.75 Å². The first-order valence-electron chi connectivity index (χ1n) is 10.5. The molecule has 2 heterocycles. The number of aromatic nitrogens is 1. The molecule has 1 aliphatic rings. The molecule has 4 rings (SSSR count). The summed E-state index contributed by atoms with van der Waals surface area (Å²) in [7, 11) is 0. The van der Waals surface area contributed by atoms with Crippen LogP contribution in [0, 0.1) is 13.8 Å². The van der Waals surface area contributed by atoms with Gasteiger partial charge in [0.15, 0.2) is 5.76 Å². The minimum atomic E-state index is -0.812. The van der Waals surface area contributed by atoms with Gasteiger partial charge >= 0.3 is 0 Å². The van der Waals surface area contributed by atoms with Crippen molar-refractivity contribution in [2.45, 2.75) is 26.4 Å². The third-order valence-electron chi connectivity index (χ3n) is 5.42. The molecule has 3 aromatic rings. The number of para-hydroxylation sites is 1. The van der Waals surface area contributed by atoms with Crippen molar-refractivity contribution < 1.29 is 19.4 Å². The van der Waals surface area contributed by atoms with Gasteiger partial charge in [0.1, 0.15) is 12.4 Å². The van der Waals surface area contributed by atoms with Crippen LogP contribution in [0.1, 0.15) is 37.5 Å². The van der Waals surface area contributed by atoms with Crippen LogP contribution in [-0.2, 0) is 11.3 Å². The number of rotatable bonds is 8. The second-order valence-electron chi connectivity index (χ2n) is 7.70. The Hall–Kier alpha value is -3.71. The minimum Gasteiger partial charge on any atom is -0.503 e. The number of hydrogen-bond donors (Lipinski definition) is 1. The van der Waals surface area contributed by atoms with Gasteiger partial charge in [0, 0.05) is 12.1 Å². The zero-order chi connectivity index (χ0) is 23.5. The van der Waals surface area contributed by atoms with E-state index >= 15 is 0 Å². The average Bonchev–Trinajstić information content (AvgIpc) is 3.28. The summed E-state index contributed by atoms with van der Waals surface area (Å²) in [6.07, 6.45) is 1.63. The van der Waals surface area contributed by atoms with Crippen molar-refractivity contribution in [2.24, 2.45) is 0 Å². The number of aryl methyl sites for hydroxylation is 2. The van der Waals surface area contributed by atoms with E-state index in [0.29, 0.717) is 21.9 Å². The quantitative estimate of drug-likeness (QED) is 0.374. The normalized spacial score (nSPS) is 15.8. The van der Waals surface area contributed by atoms with Crippen molar-refractivity contribution in [1.82, 2.24) is 9.88 Å². The minimum absolute atomic E-state index is 0.0392. The molecule has 0 saturated carbocycles. The summed E-state index contributed by atoms with van der Waals surface area (Å²) in [5.74, 6) is -1.01. The topological polar surface area (TPSA) is 79.7 Å². The summed E-state index contributed by atoms with van der Waals surface area (Å²) in [4.78, 5) is 33.2. The Bertz CT molecular complexity index is 1250. The number of carbonyl (C=O) groups is 2. The molecule has 1 atom stereocenters. The summed E-state index contributed by atoms with van der Waals surface area (Å²) < 4.78 is 5.85. The number of aliphatic hydroxyl groups is 1. The fourth-order valence-corrected chi connectivity index (χ4v) is 4.88. The molecule has 1 aromatic heterocycles. The lowest BCUT2D eigenvalue weighted by atomic mass is 9.94. The highest BCUT2D eigenvalue weighted by atomic mass is 32.1. The van der Waals surface area contributed by atoms with Crippen molar-refractivity contribution in [3.63, 3.8) is 0 Å². The molecule has 0 aliphatic carbocycles. The fourth-order valence-electron chi connectivity index (χ4n) is 4.00. The first-order chi connectivity index (χ1) is 15.9. The van der Waals surface area contributed by atoms with Gasteiger partial charge in [0.05, 0.1) is 27.2 Å². The third kappa shape index (κ3) is 4.32. The molecule has 33 heavy (non-hydrogen) atoms. The molecule has 0 bridgehead atoms. The molecule has 0 fully saturated rings. The number of thiazole rings is 1. The lowest BCUT2D eigenvalue weighted by Crippen LogP contribution is -2.31. The highest BCUT2D eigenvalue weighted by molar-refractivity contribution is 7.14. The molecule has 2 aromatic carbocycles. The molecule has 1 unspecified atom stereocenters. The predicted octanol–water partition coefficient (Wildman–Crippen LogP) is 5.10. The molecule has 1 aliphatic heterocycles. The first-order valence-corrected chi connectivity index (χ1v) is 11.3. The zero-order valence-electron chi connectivity index (χ0n) is 18.4. The maximum atomic E-state index is 13.7. The van der Waals surface area contributed by atoms with Crippen LogP contribution >= 0.6 is 11.3 Å². The van der Waals surface area contributed by atoms with Crippen LogP contribution in [0.3, 0.4) is 0 Å². The number of ketones is 1. The van der Waals surface area contributed by atoms with Crippen LogP contribution in [0.25, 0.3) is 0 Å². The Morgan fingerprint density at radius 3 is 2.55 bits per heavy atom. The number of nitrogens with zero attached hydrogens (tertiary/aromatic N) is 2. The summed E-state index contributed by atoms with van der Waals surface area (Å²) in [5.41, 5.74) is 2.12. The van der Waals surface area contributed by atoms with E-state index in [9.17, 15) is 14.7 Å². The van der Waals surface area contributed by atoms with Gasteiger partial charge in [0.25, 0.3) is 5.91 Å². The Kier molecular flexibility index (Phi) is 6.42. The van der Waals surface area contributed by atoms with Crippen molar-refractivity contribution in [3.05, 3.63) is 105 Å². The molecule has 168 valence electrons. The number of Topliss-reactive ketones (excluding diaryl/α,β-unsaturated/α-hetero) is 1. The van der Waals surface area contributed by atoms with Crippen LogP contribution in [0.2, 0.25) is 0 Å². The monoisotopic (exact) mass is 460 g/mol. The lowest BCUT2D eigenvalue weighted by molar-refractivity contribution is -0.130. The van der Waals surface area contributed by atoms with Gasteiger partial charge in [-0.2, -0.15) is 0 Å². The van der Waals surface area contributed by atoms with Crippen molar-refractivity contribution >= 4 is 23.0 Å². The van der Waals surface area contributed by atoms with Crippen LogP contribution in [0.5, 0.6) is 5.75 Å². The molecule has 6 nitrogen and oxygen atoms in total. The van der Waals surface area contributed by atoms with Gasteiger partial charge in [-0.25, -0.2) is 4.98 Å². The van der Waals surface area contributed by atoms with E-state index in [1.807, 2.05) is 55.5 Å². The third-order valence-corrected chi connectivity index (χ3v) is 6.50. The summed E-state index contributed by atoms with van der Waals surface area (Å²) in [6.45, 7) is 7.76. The Morgan fingerprint density at radius 2 is 1.88 bits per heavy atom. The largest absolute Gasteiger partial charge is 0.503 e. The molecule has 1 amide bonds. The number of aliphatic hydroxyl groups excluding tert-OH is 1. The Balaban J connectivity index is 1.85. The average molecular weight is 461 g/mol. The molecule has 7 heteroatoms. The van der Waals surface area contributed by atoms with E-state index in [1.54, 1.807) is 19.1 Å². The zero-order valence-corrected chi connectivity index (χ0v) is 19.3. The molecular formula is C26H24N2O4S. The van der Waals surface area contributed by atoms with Crippen LogP contribution in [-0.4, -0.2) is 33.3 Å². The SMILES string of the molecule is C=CCOc1ccccc1C1C(C(=O)c2sc(C)nc2C)=C(O)C(=O)N1Cc1ccccc1. The molecule has 0 spiro atoms. The standard InChI is InChI=1S/C26H24N2O4S/c1-4-14-32-20-13-9-8-12-19(20)22-21(23(29)25-16(2)27-17(3)33-25)24(30)26(31)28(22)15-18-10-6-5-7-11-18/h4-13,22,30H,1,14-15H2,2-3H3. The summed E-state index contributed by atoms with van der Waals surface area (Å²) >= 11 is 1.25. The Morgan fingerprint density at radius 1 is 1.18 bits per heavy atom. The molecule has 0 radical (unpaired) electrons. The van der Waals surface area contributed by atoms with Crippen LogP contribution < -0.4 is 4.74 Å². The smallest absolute Gasteiger partial charge is 0.290 e. The summed E-state index contributed by atoms with van der Waals surface area (Å²) in [5, 5.41) is 11.7. The second-order valence-corrected chi connectivity index (χ2v) is 8.90. The maximum absolute atomic E-state index is 13.7.